The van der Waals surface area contributed by atoms with Gasteiger partial charge in [-0.15, -0.1) is 0 Å². The normalized spacial score (nSPS) is 17.7. The van der Waals surface area contributed by atoms with E-state index in [9.17, 15) is 13.2 Å². The molecule has 206 valence electrons. The molecule has 0 radical (unpaired) electrons. The Bertz CT molecular complexity index is 1430. The van der Waals surface area contributed by atoms with E-state index in [1.54, 1.807) is 24.3 Å². The number of morpholine rings is 1. The van der Waals surface area contributed by atoms with Crippen molar-refractivity contribution in [3.05, 3.63) is 82.9 Å². The van der Waals surface area contributed by atoms with Gasteiger partial charge in [-0.25, -0.2) is 8.42 Å². The molecule has 1 atom stereocenters. The molecule has 11 heteroatoms. The van der Waals surface area contributed by atoms with Gasteiger partial charge in [-0.3, -0.25) is 14.0 Å². The van der Waals surface area contributed by atoms with Crippen LogP contribution in [0.3, 0.4) is 0 Å². The molecule has 39 heavy (non-hydrogen) atoms. The summed E-state index contributed by atoms with van der Waals surface area (Å²) in [6.07, 6.45) is -1.05. The summed E-state index contributed by atoms with van der Waals surface area (Å²) in [7, 11) is -2.52. The number of nitrogens with one attached hydrogen (secondary N) is 1. The number of hydrogen-bond acceptors (Lipinski definition) is 7. The fourth-order valence-electron chi connectivity index (χ4n) is 4.62. The largest absolute Gasteiger partial charge is 0.497 e. The quantitative estimate of drug-likeness (QED) is 0.442. The molecule has 1 N–H and O–H groups in total. The molecule has 9 nitrogen and oxygen atoms in total. The Hall–Kier alpha value is -3.31. The number of carbonyl (C=O) groups is 1. The zero-order valence-electron chi connectivity index (χ0n) is 21.5. The average molecular weight is 572 g/mol. The molecule has 0 bridgehead atoms. The molecule has 2 aliphatic heterocycles. The van der Waals surface area contributed by atoms with Gasteiger partial charge in [0.25, 0.3) is 15.9 Å². The summed E-state index contributed by atoms with van der Waals surface area (Å²) in [5.74, 6) is 0.380. The van der Waals surface area contributed by atoms with Crippen molar-refractivity contribution in [1.29, 1.82) is 0 Å². The lowest BCUT2D eigenvalue weighted by atomic mass is 10.1. The molecule has 1 fully saturated rings. The Morgan fingerprint density at radius 2 is 1.79 bits per heavy atom. The highest BCUT2D eigenvalue weighted by molar-refractivity contribution is 7.92. The number of sulfonamides is 1. The first-order valence-electron chi connectivity index (χ1n) is 12.6. The van der Waals surface area contributed by atoms with E-state index < -0.39 is 22.0 Å². The van der Waals surface area contributed by atoms with Gasteiger partial charge in [-0.05, 0) is 53.6 Å². The Labute approximate surface area is 233 Å². The van der Waals surface area contributed by atoms with E-state index in [0.29, 0.717) is 10.8 Å². The SMILES string of the molecule is COc1ccc(S(=O)(=O)N2C[C@H](C(=O)NCc3cccc(CN4CCOCC4)c3)Oc3ccc(Cl)cc32)cc1. The Balaban J connectivity index is 1.31. The molecule has 0 spiro atoms. The number of rotatable bonds is 8. The molecular formula is C28H30ClN3O6S. The molecule has 0 aromatic heterocycles. The second kappa shape index (κ2) is 11.8. The van der Waals surface area contributed by atoms with Gasteiger partial charge in [0.1, 0.15) is 11.5 Å². The van der Waals surface area contributed by atoms with Gasteiger partial charge in [-0.2, -0.15) is 0 Å². The number of halogens is 1. The molecular weight excluding hydrogens is 542 g/mol. The number of amides is 1. The van der Waals surface area contributed by atoms with Crippen LogP contribution in [0.1, 0.15) is 11.1 Å². The molecule has 1 amide bonds. The van der Waals surface area contributed by atoms with Crippen molar-refractivity contribution >= 4 is 33.2 Å². The molecule has 3 aromatic rings. The fraction of sp³-hybridized carbons (Fsp3) is 0.321. The molecule has 5 rings (SSSR count). The Kier molecular flexibility index (Phi) is 8.27. The van der Waals surface area contributed by atoms with Crippen molar-refractivity contribution in [2.75, 3.05) is 44.3 Å². The van der Waals surface area contributed by atoms with Crippen molar-refractivity contribution < 1.29 is 27.4 Å². The maximum Gasteiger partial charge on any atom is 0.264 e. The predicted molar refractivity (Wildman–Crippen MR) is 148 cm³/mol. The van der Waals surface area contributed by atoms with Crippen LogP contribution in [0.4, 0.5) is 5.69 Å². The van der Waals surface area contributed by atoms with Gasteiger partial charge in [0.05, 0.1) is 37.5 Å². The van der Waals surface area contributed by atoms with Crippen LogP contribution in [0.25, 0.3) is 0 Å². The lowest BCUT2D eigenvalue weighted by Crippen LogP contribution is -2.50. The number of hydrogen-bond donors (Lipinski definition) is 1. The van der Waals surface area contributed by atoms with Gasteiger partial charge in [0.15, 0.2) is 6.10 Å². The van der Waals surface area contributed by atoms with Crippen LogP contribution < -0.4 is 19.1 Å². The highest BCUT2D eigenvalue weighted by Gasteiger charge is 2.37. The highest BCUT2D eigenvalue weighted by Crippen LogP contribution is 2.39. The smallest absolute Gasteiger partial charge is 0.264 e. The highest BCUT2D eigenvalue weighted by atomic mass is 35.5. The molecule has 0 aliphatic carbocycles. The molecule has 2 heterocycles. The standard InChI is InChI=1S/C28H30ClN3O6S/c1-36-23-6-8-24(9-7-23)39(34,35)32-19-27(38-26-10-5-22(29)16-25(26)32)28(33)30-17-20-3-2-4-21(15-20)18-31-11-13-37-14-12-31/h2-10,15-16,27H,11-14,17-19H2,1H3,(H,30,33)/t27-/m1/s1. The fourth-order valence-corrected chi connectivity index (χ4v) is 6.26. The van der Waals surface area contributed by atoms with Crippen LogP contribution in [0, 0.1) is 0 Å². The number of anilines is 1. The lowest BCUT2D eigenvalue weighted by Gasteiger charge is -2.35. The minimum atomic E-state index is -4.02. The van der Waals surface area contributed by atoms with E-state index in [1.165, 1.54) is 29.6 Å². The first kappa shape index (κ1) is 27.3. The van der Waals surface area contributed by atoms with Crippen molar-refractivity contribution in [1.82, 2.24) is 10.2 Å². The molecule has 1 saturated heterocycles. The average Bonchev–Trinajstić information content (AvgIpc) is 2.96. The zero-order chi connectivity index (χ0) is 27.4. The Morgan fingerprint density at radius 3 is 2.54 bits per heavy atom. The number of fused-ring (bicyclic) bond motifs is 1. The second-order valence-corrected chi connectivity index (χ2v) is 11.7. The van der Waals surface area contributed by atoms with Crippen LogP contribution >= 0.6 is 11.6 Å². The third-order valence-corrected chi connectivity index (χ3v) is 8.73. The summed E-state index contributed by atoms with van der Waals surface area (Å²) in [6, 6.07) is 18.8. The maximum absolute atomic E-state index is 13.7. The van der Waals surface area contributed by atoms with Crippen LogP contribution in [0.5, 0.6) is 11.5 Å². The van der Waals surface area contributed by atoms with Gasteiger partial charge in [0.2, 0.25) is 0 Å². The van der Waals surface area contributed by atoms with E-state index in [0.717, 1.165) is 44.0 Å². The van der Waals surface area contributed by atoms with Gasteiger partial charge >= 0.3 is 0 Å². The van der Waals surface area contributed by atoms with Crippen molar-refractivity contribution in [2.45, 2.75) is 24.1 Å². The first-order valence-corrected chi connectivity index (χ1v) is 14.4. The van der Waals surface area contributed by atoms with E-state index >= 15 is 0 Å². The maximum atomic E-state index is 13.7. The van der Waals surface area contributed by atoms with Crippen LogP contribution in [-0.2, 0) is 32.6 Å². The summed E-state index contributed by atoms with van der Waals surface area (Å²) in [6.45, 7) is 4.15. The molecule has 0 saturated carbocycles. The van der Waals surface area contributed by atoms with E-state index in [4.69, 9.17) is 25.8 Å². The third-order valence-electron chi connectivity index (χ3n) is 6.70. The summed E-state index contributed by atoms with van der Waals surface area (Å²) in [5, 5.41) is 3.26. The summed E-state index contributed by atoms with van der Waals surface area (Å²) in [4.78, 5) is 15.6. The van der Waals surface area contributed by atoms with Crippen LogP contribution in [0.15, 0.2) is 71.6 Å². The monoisotopic (exact) mass is 571 g/mol. The lowest BCUT2D eigenvalue weighted by molar-refractivity contribution is -0.127. The van der Waals surface area contributed by atoms with Crippen molar-refractivity contribution in [3.63, 3.8) is 0 Å². The molecule has 3 aromatic carbocycles. The number of methoxy groups -OCH3 is 1. The predicted octanol–water partition coefficient (Wildman–Crippen LogP) is 3.45. The molecule has 0 unspecified atom stereocenters. The summed E-state index contributed by atoms with van der Waals surface area (Å²) < 4.78 is 45.0. The minimum absolute atomic E-state index is 0.0624. The van der Waals surface area contributed by atoms with E-state index in [-0.39, 0.29) is 29.4 Å². The van der Waals surface area contributed by atoms with Crippen molar-refractivity contribution in [3.8, 4) is 11.5 Å². The Morgan fingerprint density at radius 1 is 1.05 bits per heavy atom. The summed E-state index contributed by atoms with van der Waals surface area (Å²) in [5.41, 5.74) is 2.37. The number of nitrogens with zero attached hydrogens (tertiary/aromatic N) is 2. The van der Waals surface area contributed by atoms with Crippen molar-refractivity contribution in [2.24, 2.45) is 0 Å². The number of ether oxygens (including phenoxy) is 3. The number of benzene rings is 3. The second-order valence-electron chi connectivity index (χ2n) is 9.36. The first-order chi connectivity index (χ1) is 18.8. The van der Waals surface area contributed by atoms with Gasteiger partial charge in [-0.1, -0.05) is 35.9 Å². The van der Waals surface area contributed by atoms with Crippen LogP contribution in [-0.4, -0.2) is 65.3 Å². The number of carbonyl (C=O) groups excluding carboxylic acids is 1. The molecule has 2 aliphatic rings. The zero-order valence-corrected chi connectivity index (χ0v) is 23.1. The van der Waals surface area contributed by atoms with Gasteiger partial charge in [0, 0.05) is 31.2 Å². The summed E-state index contributed by atoms with van der Waals surface area (Å²) >= 11 is 6.19. The third kappa shape index (κ3) is 6.30. The van der Waals surface area contributed by atoms with Gasteiger partial charge < -0.3 is 19.5 Å². The van der Waals surface area contributed by atoms with E-state index in [2.05, 4.69) is 22.3 Å². The minimum Gasteiger partial charge on any atom is -0.497 e. The van der Waals surface area contributed by atoms with Crippen LogP contribution in [0.2, 0.25) is 5.02 Å². The topological polar surface area (TPSA) is 97.4 Å². The van der Waals surface area contributed by atoms with E-state index in [1.807, 2.05) is 12.1 Å².